The third-order valence-electron chi connectivity index (χ3n) is 2.45. The highest BCUT2D eigenvalue weighted by Gasteiger charge is 2.01. The van der Waals surface area contributed by atoms with Gasteiger partial charge in [0.1, 0.15) is 0 Å². The molecule has 2 aromatic heterocycles. The van der Waals surface area contributed by atoms with Crippen molar-refractivity contribution in [2.75, 3.05) is 12.0 Å². The summed E-state index contributed by atoms with van der Waals surface area (Å²) < 4.78 is 1.52. The molecule has 0 radical (unpaired) electrons. The molecule has 0 aliphatic rings. The molecule has 0 atom stereocenters. The Hall–Kier alpha value is -1.84. The molecule has 0 amide bonds. The van der Waals surface area contributed by atoms with Crippen molar-refractivity contribution in [2.45, 2.75) is 19.8 Å². The van der Waals surface area contributed by atoms with Gasteiger partial charge in [0.05, 0.1) is 0 Å². The number of aromatic nitrogens is 2. The Kier molecular flexibility index (Phi) is 3.19. The topological polar surface area (TPSA) is 46.9 Å². The minimum absolute atomic E-state index is 0.0673. The van der Waals surface area contributed by atoms with Crippen molar-refractivity contribution in [1.82, 2.24) is 9.66 Å². The average Bonchev–Trinajstić information content (AvgIpc) is 2.32. The van der Waals surface area contributed by atoms with E-state index in [0.717, 1.165) is 24.8 Å². The van der Waals surface area contributed by atoms with Crippen molar-refractivity contribution in [1.29, 1.82) is 0 Å². The zero-order chi connectivity index (χ0) is 11.4. The number of unbranched alkanes of at least 4 members (excludes halogenated alkanes) is 1. The van der Waals surface area contributed by atoms with Gasteiger partial charge in [0.25, 0.3) is 5.56 Å². The molecule has 0 unspecified atom stereocenters. The van der Waals surface area contributed by atoms with Crippen LogP contribution in [0.5, 0.6) is 0 Å². The standard InChI is InChI=1S/C12H15N3O/c1-2-3-9-14-15-11(16)7-6-10-5-4-8-13-12(10)15/h4-8,14H,2-3,9H2,1H3. The van der Waals surface area contributed by atoms with Crippen LogP contribution in [0.1, 0.15) is 19.8 Å². The Balaban J connectivity index is 2.41. The Morgan fingerprint density at radius 1 is 1.38 bits per heavy atom. The fourth-order valence-electron chi connectivity index (χ4n) is 1.59. The highest BCUT2D eigenvalue weighted by Crippen LogP contribution is 2.06. The fourth-order valence-corrected chi connectivity index (χ4v) is 1.59. The second kappa shape index (κ2) is 4.79. The highest BCUT2D eigenvalue weighted by molar-refractivity contribution is 5.74. The first-order valence-corrected chi connectivity index (χ1v) is 5.53. The van der Waals surface area contributed by atoms with Crippen LogP contribution in [0.4, 0.5) is 0 Å². The summed E-state index contributed by atoms with van der Waals surface area (Å²) in [6.45, 7) is 2.90. The van der Waals surface area contributed by atoms with Gasteiger partial charge in [-0.1, -0.05) is 13.3 Å². The number of nitrogens with one attached hydrogen (secondary N) is 1. The predicted octanol–water partition coefficient (Wildman–Crippen LogP) is 1.74. The fraction of sp³-hybridized carbons (Fsp3) is 0.333. The van der Waals surface area contributed by atoms with E-state index in [9.17, 15) is 4.79 Å². The van der Waals surface area contributed by atoms with Crippen molar-refractivity contribution in [3.05, 3.63) is 40.8 Å². The van der Waals surface area contributed by atoms with E-state index in [1.807, 2.05) is 12.1 Å². The third kappa shape index (κ3) is 2.05. The molecule has 2 rings (SSSR count). The summed E-state index contributed by atoms with van der Waals surface area (Å²) in [5.41, 5.74) is 3.72. The molecule has 0 aromatic carbocycles. The van der Waals surface area contributed by atoms with E-state index in [0.29, 0.717) is 5.65 Å². The zero-order valence-electron chi connectivity index (χ0n) is 9.31. The molecule has 0 aliphatic carbocycles. The molecule has 2 heterocycles. The third-order valence-corrected chi connectivity index (χ3v) is 2.45. The molecular weight excluding hydrogens is 202 g/mol. The van der Waals surface area contributed by atoms with Gasteiger partial charge in [0, 0.05) is 24.2 Å². The quantitative estimate of drug-likeness (QED) is 0.793. The minimum Gasteiger partial charge on any atom is -0.321 e. The molecule has 0 aliphatic heterocycles. The van der Waals surface area contributed by atoms with Gasteiger partial charge in [-0.25, -0.2) is 9.66 Å². The molecule has 1 N–H and O–H groups in total. The Labute approximate surface area is 93.9 Å². The molecule has 2 aromatic rings. The van der Waals surface area contributed by atoms with Crippen molar-refractivity contribution >= 4 is 11.0 Å². The van der Waals surface area contributed by atoms with E-state index in [4.69, 9.17) is 0 Å². The minimum atomic E-state index is -0.0673. The van der Waals surface area contributed by atoms with E-state index < -0.39 is 0 Å². The average molecular weight is 217 g/mol. The van der Waals surface area contributed by atoms with Crippen LogP contribution in [0.15, 0.2) is 35.3 Å². The Morgan fingerprint density at radius 3 is 3.06 bits per heavy atom. The summed E-state index contributed by atoms with van der Waals surface area (Å²) in [6, 6.07) is 7.16. The lowest BCUT2D eigenvalue weighted by Gasteiger charge is -2.10. The molecular formula is C12H15N3O. The first kappa shape index (κ1) is 10.7. The van der Waals surface area contributed by atoms with Crippen molar-refractivity contribution < 1.29 is 0 Å². The van der Waals surface area contributed by atoms with Crippen LogP contribution in [0.25, 0.3) is 11.0 Å². The summed E-state index contributed by atoms with van der Waals surface area (Å²) in [7, 11) is 0. The van der Waals surface area contributed by atoms with Gasteiger partial charge in [-0.15, -0.1) is 0 Å². The summed E-state index contributed by atoms with van der Waals surface area (Å²) in [5.74, 6) is 0. The summed E-state index contributed by atoms with van der Waals surface area (Å²) in [6.07, 6.45) is 3.83. The van der Waals surface area contributed by atoms with Crippen molar-refractivity contribution in [3.63, 3.8) is 0 Å². The van der Waals surface area contributed by atoms with Gasteiger partial charge in [-0.05, 0) is 24.6 Å². The molecule has 0 spiro atoms. The number of rotatable bonds is 4. The number of nitrogens with zero attached hydrogens (tertiary/aromatic N) is 2. The van der Waals surface area contributed by atoms with E-state index in [1.54, 1.807) is 18.3 Å². The van der Waals surface area contributed by atoms with Crippen LogP contribution in [-0.4, -0.2) is 16.2 Å². The molecule has 16 heavy (non-hydrogen) atoms. The van der Waals surface area contributed by atoms with Crippen LogP contribution >= 0.6 is 0 Å². The lowest BCUT2D eigenvalue weighted by Crippen LogP contribution is -2.29. The zero-order valence-corrected chi connectivity index (χ0v) is 9.31. The lowest BCUT2D eigenvalue weighted by atomic mass is 10.3. The summed E-state index contributed by atoms with van der Waals surface area (Å²) in [5, 5.41) is 0.964. The maximum absolute atomic E-state index is 11.7. The lowest BCUT2D eigenvalue weighted by molar-refractivity contribution is 0.746. The first-order valence-electron chi connectivity index (χ1n) is 5.53. The molecule has 4 heteroatoms. The molecule has 4 nitrogen and oxygen atoms in total. The van der Waals surface area contributed by atoms with Gasteiger partial charge in [-0.3, -0.25) is 4.79 Å². The smallest absolute Gasteiger partial charge is 0.270 e. The maximum Gasteiger partial charge on any atom is 0.270 e. The molecule has 0 bridgehead atoms. The second-order valence-corrected chi connectivity index (χ2v) is 3.68. The van der Waals surface area contributed by atoms with Gasteiger partial charge in [-0.2, -0.15) is 0 Å². The molecule has 84 valence electrons. The van der Waals surface area contributed by atoms with Crippen LogP contribution in [0.2, 0.25) is 0 Å². The van der Waals surface area contributed by atoms with Gasteiger partial charge in [0.15, 0.2) is 5.65 Å². The highest BCUT2D eigenvalue weighted by atomic mass is 16.1. The maximum atomic E-state index is 11.7. The Morgan fingerprint density at radius 2 is 2.25 bits per heavy atom. The number of fused-ring (bicyclic) bond motifs is 1. The SMILES string of the molecule is CCCCNn1c(=O)ccc2cccnc21. The molecule has 0 fully saturated rings. The van der Waals surface area contributed by atoms with E-state index in [-0.39, 0.29) is 5.56 Å². The summed E-state index contributed by atoms with van der Waals surface area (Å²) >= 11 is 0. The normalized spacial score (nSPS) is 10.6. The van der Waals surface area contributed by atoms with Crippen LogP contribution < -0.4 is 11.0 Å². The van der Waals surface area contributed by atoms with E-state index in [2.05, 4.69) is 17.3 Å². The van der Waals surface area contributed by atoms with Gasteiger partial charge >= 0.3 is 0 Å². The number of hydrogen-bond acceptors (Lipinski definition) is 3. The van der Waals surface area contributed by atoms with Crippen LogP contribution in [0.3, 0.4) is 0 Å². The van der Waals surface area contributed by atoms with Crippen molar-refractivity contribution in [2.24, 2.45) is 0 Å². The predicted molar refractivity (Wildman–Crippen MR) is 65.1 cm³/mol. The van der Waals surface area contributed by atoms with E-state index in [1.165, 1.54) is 4.68 Å². The molecule has 0 saturated heterocycles. The largest absolute Gasteiger partial charge is 0.321 e. The molecule has 0 saturated carbocycles. The van der Waals surface area contributed by atoms with Crippen molar-refractivity contribution in [3.8, 4) is 0 Å². The van der Waals surface area contributed by atoms with Gasteiger partial charge in [0.2, 0.25) is 0 Å². The Bertz CT molecular complexity index is 533. The first-order chi connectivity index (χ1) is 7.83. The van der Waals surface area contributed by atoms with Gasteiger partial charge < -0.3 is 5.43 Å². The monoisotopic (exact) mass is 217 g/mol. The van der Waals surface area contributed by atoms with Crippen LogP contribution in [0, 0.1) is 0 Å². The summed E-state index contributed by atoms with van der Waals surface area (Å²) in [4.78, 5) is 15.9. The number of hydrogen-bond donors (Lipinski definition) is 1. The van der Waals surface area contributed by atoms with E-state index >= 15 is 0 Å². The van der Waals surface area contributed by atoms with Crippen LogP contribution in [-0.2, 0) is 0 Å². The number of pyridine rings is 2. The second-order valence-electron chi connectivity index (χ2n) is 3.68.